The van der Waals surface area contributed by atoms with E-state index in [1.54, 1.807) is 0 Å². The monoisotopic (exact) mass is 257 g/mol. The highest BCUT2D eigenvalue weighted by Gasteiger charge is 2.24. The van der Waals surface area contributed by atoms with Crippen LogP contribution in [0.25, 0.3) is 0 Å². The van der Waals surface area contributed by atoms with Gasteiger partial charge in [0, 0.05) is 0 Å². The molecule has 2 aromatic rings. The van der Waals surface area contributed by atoms with Gasteiger partial charge < -0.3 is 5.32 Å². The van der Waals surface area contributed by atoms with Crippen LogP contribution in [0.5, 0.6) is 0 Å². The number of nitrogens with one attached hydrogen (secondary N) is 1. The van der Waals surface area contributed by atoms with E-state index in [4.69, 9.17) is 11.6 Å². The molecule has 3 rings (SSSR count). The molecule has 18 heavy (non-hydrogen) atoms. The van der Waals surface area contributed by atoms with Gasteiger partial charge in [0.2, 0.25) is 0 Å². The zero-order valence-corrected chi connectivity index (χ0v) is 11.4. The fourth-order valence-electron chi connectivity index (χ4n) is 2.67. The zero-order chi connectivity index (χ0) is 12.7. The Bertz CT molecular complexity index is 604. The van der Waals surface area contributed by atoms with Gasteiger partial charge in [0.1, 0.15) is 0 Å². The molecule has 0 saturated heterocycles. The van der Waals surface area contributed by atoms with Crippen LogP contribution in [0.4, 0.5) is 5.69 Å². The lowest BCUT2D eigenvalue weighted by Crippen LogP contribution is -2.07. The average molecular weight is 258 g/mol. The second kappa shape index (κ2) is 4.33. The lowest BCUT2D eigenvalue weighted by Gasteiger charge is -2.15. The maximum atomic E-state index is 6.23. The molecule has 2 aromatic carbocycles. The highest BCUT2D eigenvalue weighted by molar-refractivity contribution is 6.33. The number of aryl methyl sites for hydroxylation is 2. The summed E-state index contributed by atoms with van der Waals surface area (Å²) in [6.45, 7) is 4.30. The summed E-state index contributed by atoms with van der Waals surface area (Å²) in [5.41, 5.74) is 6.43. The second-order valence-corrected chi connectivity index (χ2v) is 5.44. The Labute approximate surface area is 113 Å². The van der Waals surface area contributed by atoms with Gasteiger partial charge in [-0.3, -0.25) is 0 Å². The summed E-state index contributed by atoms with van der Waals surface area (Å²) in [7, 11) is 0. The summed E-state index contributed by atoms with van der Waals surface area (Å²) in [6, 6.07) is 13.1. The van der Waals surface area contributed by atoms with Gasteiger partial charge in [-0.1, -0.05) is 47.5 Å². The Hall–Kier alpha value is -1.47. The van der Waals surface area contributed by atoms with Crippen LogP contribution in [0.2, 0.25) is 5.02 Å². The van der Waals surface area contributed by atoms with E-state index in [0.29, 0.717) is 6.04 Å². The van der Waals surface area contributed by atoms with Crippen molar-refractivity contribution >= 4 is 17.3 Å². The first-order valence-corrected chi connectivity index (χ1v) is 6.64. The van der Waals surface area contributed by atoms with Crippen LogP contribution in [-0.4, -0.2) is 0 Å². The number of fused-ring (bicyclic) bond motifs is 1. The highest BCUT2D eigenvalue weighted by atomic mass is 35.5. The van der Waals surface area contributed by atoms with Gasteiger partial charge in [0.15, 0.2) is 0 Å². The van der Waals surface area contributed by atoms with E-state index >= 15 is 0 Å². The van der Waals surface area contributed by atoms with Crippen molar-refractivity contribution in [2.75, 3.05) is 5.32 Å². The summed E-state index contributed by atoms with van der Waals surface area (Å²) < 4.78 is 0. The number of hydrogen-bond acceptors (Lipinski definition) is 1. The molecule has 0 amide bonds. The highest BCUT2D eigenvalue weighted by Crippen LogP contribution is 2.39. The van der Waals surface area contributed by atoms with Gasteiger partial charge >= 0.3 is 0 Å². The van der Waals surface area contributed by atoms with E-state index in [2.05, 4.69) is 43.4 Å². The van der Waals surface area contributed by atoms with E-state index in [9.17, 15) is 0 Å². The van der Waals surface area contributed by atoms with Crippen molar-refractivity contribution in [1.82, 2.24) is 0 Å². The minimum Gasteiger partial charge on any atom is -0.376 e. The van der Waals surface area contributed by atoms with Crippen LogP contribution >= 0.6 is 11.6 Å². The molecule has 1 N–H and O–H groups in total. The molecule has 92 valence electrons. The normalized spacial score (nSPS) is 17.4. The lowest BCUT2D eigenvalue weighted by molar-refractivity contribution is 0.815. The molecular formula is C16H16ClN. The summed E-state index contributed by atoms with van der Waals surface area (Å²) in [6.07, 6.45) is 1.01. The Morgan fingerprint density at radius 3 is 2.78 bits per heavy atom. The Morgan fingerprint density at radius 2 is 2.00 bits per heavy atom. The number of hydrogen-bond donors (Lipinski definition) is 1. The third kappa shape index (κ3) is 1.89. The molecule has 1 heterocycles. The largest absolute Gasteiger partial charge is 0.376 e. The molecule has 0 saturated carbocycles. The van der Waals surface area contributed by atoms with E-state index in [0.717, 1.165) is 17.1 Å². The molecule has 0 aliphatic carbocycles. The Balaban J connectivity index is 1.99. The molecule has 0 aromatic heterocycles. The zero-order valence-electron chi connectivity index (χ0n) is 10.6. The molecular weight excluding hydrogens is 242 g/mol. The SMILES string of the molecule is Cc1ccc(C)c(C2Cc3cccc(Cl)c3N2)c1. The molecule has 1 nitrogen and oxygen atoms in total. The minimum atomic E-state index is 0.347. The summed E-state index contributed by atoms with van der Waals surface area (Å²) in [5.74, 6) is 0. The van der Waals surface area contributed by atoms with E-state index in [-0.39, 0.29) is 0 Å². The molecule has 2 heteroatoms. The van der Waals surface area contributed by atoms with E-state index < -0.39 is 0 Å². The third-order valence-corrected chi connectivity index (χ3v) is 3.97. The van der Waals surface area contributed by atoms with Crippen LogP contribution in [0.15, 0.2) is 36.4 Å². The molecule has 1 aliphatic rings. The Morgan fingerprint density at radius 1 is 1.17 bits per heavy atom. The number of halogens is 1. The minimum absolute atomic E-state index is 0.347. The smallest absolute Gasteiger partial charge is 0.0640 e. The Kier molecular flexibility index (Phi) is 2.79. The van der Waals surface area contributed by atoms with Crippen molar-refractivity contribution in [2.45, 2.75) is 26.3 Å². The average Bonchev–Trinajstić information content (AvgIpc) is 2.77. The third-order valence-electron chi connectivity index (χ3n) is 3.65. The van der Waals surface area contributed by atoms with Crippen molar-refractivity contribution < 1.29 is 0 Å². The van der Waals surface area contributed by atoms with Gasteiger partial charge in [0.25, 0.3) is 0 Å². The van der Waals surface area contributed by atoms with Crippen molar-refractivity contribution in [3.8, 4) is 0 Å². The second-order valence-electron chi connectivity index (χ2n) is 5.04. The van der Waals surface area contributed by atoms with Gasteiger partial charge in [-0.15, -0.1) is 0 Å². The number of rotatable bonds is 1. The first-order chi connectivity index (χ1) is 8.65. The quantitative estimate of drug-likeness (QED) is 0.783. The lowest BCUT2D eigenvalue weighted by atomic mass is 9.97. The number of para-hydroxylation sites is 1. The molecule has 0 fully saturated rings. The van der Waals surface area contributed by atoms with Crippen LogP contribution in [0.1, 0.15) is 28.3 Å². The summed E-state index contributed by atoms with van der Waals surface area (Å²) >= 11 is 6.23. The topological polar surface area (TPSA) is 12.0 Å². The standard InChI is InChI=1S/C16H16ClN/c1-10-6-7-11(2)13(8-10)15-9-12-4-3-5-14(17)16(12)18-15/h3-8,15,18H,9H2,1-2H3. The van der Waals surface area contributed by atoms with Crippen LogP contribution in [0.3, 0.4) is 0 Å². The number of anilines is 1. The first-order valence-electron chi connectivity index (χ1n) is 6.26. The van der Waals surface area contributed by atoms with Gasteiger partial charge in [0.05, 0.1) is 16.8 Å². The molecule has 1 aliphatic heterocycles. The van der Waals surface area contributed by atoms with Gasteiger partial charge in [-0.05, 0) is 43.0 Å². The molecule has 0 spiro atoms. The predicted molar refractivity (Wildman–Crippen MR) is 77.4 cm³/mol. The van der Waals surface area contributed by atoms with Crippen molar-refractivity contribution in [3.05, 3.63) is 63.7 Å². The van der Waals surface area contributed by atoms with Crippen molar-refractivity contribution in [2.24, 2.45) is 0 Å². The van der Waals surface area contributed by atoms with E-state index in [1.807, 2.05) is 12.1 Å². The van der Waals surface area contributed by atoms with E-state index in [1.165, 1.54) is 22.3 Å². The number of benzene rings is 2. The summed E-state index contributed by atoms with van der Waals surface area (Å²) in [4.78, 5) is 0. The maximum absolute atomic E-state index is 6.23. The molecule has 0 bridgehead atoms. The van der Waals surface area contributed by atoms with Crippen LogP contribution in [-0.2, 0) is 6.42 Å². The first kappa shape index (κ1) is 11.6. The van der Waals surface area contributed by atoms with Gasteiger partial charge in [-0.2, -0.15) is 0 Å². The predicted octanol–water partition coefficient (Wildman–Crippen LogP) is 4.67. The van der Waals surface area contributed by atoms with Crippen LogP contribution in [0, 0.1) is 13.8 Å². The van der Waals surface area contributed by atoms with Gasteiger partial charge in [-0.25, -0.2) is 0 Å². The molecule has 1 unspecified atom stereocenters. The fourth-order valence-corrected chi connectivity index (χ4v) is 2.92. The maximum Gasteiger partial charge on any atom is 0.0640 e. The van der Waals surface area contributed by atoms with Crippen LogP contribution < -0.4 is 5.32 Å². The summed E-state index contributed by atoms with van der Waals surface area (Å²) in [5, 5.41) is 4.37. The van der Waals surface area contributed by atoms with Crippen molar-refractivity contribution in [1.29, 1.82) is 0 Å². The molecule has 1 atom stereocenters. The molecule has 0 radical (unpaired) electrons. The van der Waals surface area contributed by atoms with Crippen molar-refractivity contribution in [3.63, 3.8) is 0 Å². The fraction of sp³-hybridized carbons (Fsp3) is 0.250.